The standard InChI is InChI=1S/C24H26F2N2O2/c1-3-5-17-6-4-7-19(10-17)24(8-9-24)28-22(23(30)15-27-16(2)29)13-18-11-20(25)14-21(26)12-18/h4,6-7,10-12,14,22-23,28,30H,8-9,13,15H2,1-2H3,(H,27,29). The van der Waals surface area contributed by atoms with Gasteiger partial charge in [-0.3, -0.25) is 4.79 Å². The van der Waals surface area contributed by atoms with Crippen molar-refractivity contribution in [1.29, 1.82) is 0 Å². The van der Waals surface area contributed by atoms with E-state index in [0.29, 0.717) is 5.56 Å². The minimum atomic E-state index is -0.934. The van der Waals surface area contributed by atoms with Gasteiger partial charge in [0.25, 0.3) is 0 Å². The summed E-state index contributed by atoms with van der Waals surface area (Å²) in [5.74, 6) is 4.37. The van der Waals surface area contributed by atoms with E-state index < -0.39 is 23.8 Å². The number of halogens is 2. The molecule has 2 atom stereocenters. The Labute approximate surface area is 175 Å². The summed E-state index contributed by atoms with van der Waals surface area (Å²) in [5.41, 5.74) is 2.07. The van der Waals surface area contributed by atoms with E-state index in [2.05, 4.69) is 22.5 Å². The van der Waals surface area contributed by atoms with E-state index >= 15 is 0 Å². The van der Waals surface area contributed by atoms with Gasteiger partial charge in [0.2, 0.25) is 5.91 Å². The van der Waals surface area contributed by atoms with Gasteiger partial charge in [0.15, 0.2) is 0 Å². The first kappa shape index (κ1) is 21.9. The second-order valence-electron chi connectivity index (χ2n) is 7.77. The molecule has 2 aromatic carbocycles. The van der Waals surface area contributed by atoms with Crippen molar-refractivity contribution in [2.45, 2.75) is 50.8 Å². The Kier molecular flexibility index (Phi) is 6.86. The lowest BCUT2D eigenvalue weighted by atomic mass is 9.96. The lowest BCUT2D eigenvalue weighted by Gasteiger charge is -2.30. The number of benzene rings is 2. The number of carbonyl (C=O) groups is 1. The first-order chi connectivity index (χ1) is 14.3. The molecule has 0 spiro atoms. The fourth-order valence-electron chi connectivity index (χ4n) is 3.69. The van der Waals surface area contributed by atoms with E-state index in [0.717, 1.165) is 30.0 Å². The maximum Gasteiger partial charge on any atom is 0.216 e. The van der Waals surface area contributed by atoms with Crippen LogP contribution in [0, 0.1) is 23.5 Å². The van der Waals surface area contributed by atoms with Gasteiger partial charge in [0.1, 0.15) is 11.6 Å². The summed E-state index contributed by atoms with van der Waals surface area (Å²) in [5, 5.41) is 16.9. The number of hydrogen-bond donors (Lipinski definition) is 3. The van der Waals surface area contributed by atoms with Gasteiger partial charge in [0.05, 0.1) is 6.10 Å². The van der Waals surface area contributed by atoms with Crippen LogP contribution in [0.2, 0.25) is 0 Å². The van der Waals surface area contributed by atoms with Crippen molar-refractivity contribution in [3.05, 3.63) is 70.8 Å². The number of nitrogens with one attached hydrogen (secondary N) is 2. The van der Waals surface area contributed by atoms with E-state index in [4.69, 9.17) is 0 Å². The molecule has 0 saturated heterocycles. The Morgan fingerprint density at radius 3 is 2.50 bits per heavy atom. The van der Waals surface area contributed by atoms with Crippen molar-refractivity contribution in [2.75, 3.05) is 6.54 Å². The van der Waals surface area contributed by atoms with E-state index in [-0.39, 0.29) is 24.4 Å². The lowest BCUT2D eigenvalue weighted by molar-refractivity contribution is -0.119. The molecule has 1 saturated carbocycles. The SMILES string of the molecule is CC#Cc1cccc(C2(NC(Cc3cc(F)cc(F)c3)C(O)CNC(C)=O)CC2)c1. The van der Waals surface area contributed by atoms with E-state index in [1.54, 1.807) is 6.92 Å². The van der Waals surface area contributed by atoms with Crippen molar-refractivity contribution < 1.29 is 18.7 Å². The third kappa shape index (κ3) is 5.65. The van der Waals surface area contributed by atoms with Gasteiger partial charge in [0, 0.05) is 36.7 Å². The molecule has 1 amide bonds. The fourth-order valence-corrected chi connectivity index (χ4v) is 3.69. The molecule has 0 heterocycles. The van der Waals surface area contributed by atoms with Crippen LogP contribution in [0.5, 0.6) is 0 Å². The van der Waals surface area contributed by atoms with Crippen LogP contribution in [-0.4, -0.2) is 29.7 Å². The minimum Gasteiger partial charge on any atom is -0.390 e. The number of rotatable bonds is 8. The van der Waals surface area contributed by atoms with Gasteiger partial charge in [-0.25, -0.2) is 8.78 Å². The van der Waals surface area contributed by atoms with Crippen LogP contribution >= 0.6 is 0 Å². The first-order valence-corrected chi connectivity index (χ1v) is 10.00. The molecule has 1 aliphatic carbocycles. The predicted molar refractivity (Wildman–Crippen MR) is 112 cm³/mol. The molecule has 0 aliphatic heterocycles. The first-order valence-electron chi connectivity index (χ1n) is 10.00. The minimum absolute atomic E-state index is 0.0439. The maximum absolute atomic E-state index is 13.7. The topological polar surface area (TPSA) is 61.4 Å². The molecule has 0 aromatic heterocycles. The van der Waals surface area contributed by atoms with Crippen molar-refractivity contribution >= 4 is 5.91 Å². The molecule has 1 fully saturated rings. The number of amides is 1. The molecule has 2 unspecified atom stereocenters. The molecule has 158 valence electrons. The van der Waals surface area contributed by atoms with E-state index in [9.17, 15) is 18.7 Å². The molecule has 4 nitrogen and oxygen atoms in total. The highest BCUT2D eigenvalue weighted by molar-refractivity contribution is 5.72. The fraction of sp³-hybridized carbons (Fsp3) is 0.375. The summed E-state index contributed by atoms with van der Waals surface area (Å²) in [6.07, 6.45) is 1.02. The van der Waals surface area contributed by atoms with Crippen LogP contribution in [0.25, 0.3) is 0 Å². The summed E-state index contributed by atoms with van der Waals surface area (Å²) in [4.78, 5) is 11.3. The van der Waals surface area contributed by atoms with Crippen LogP contribution in [0.15, 0.2) is 42.5 Å². The maximum atomic E-state index is 13.7. The number of aliphatic hydroxyl groups excluding tert-OH is 1. The highest BCUT2D eigenvalue weighted by Crippen LogP contribution is 2.46. The quantitative estimate of drug-likeness (QED) is 0.584. The monoisotopic (exact) mass is 412 g/mol. The number of carbonyl (C=O) groups excluding carboxylic acids is 1. The van der Waals surface area contributed by atoms with Crippen LogP contribution in [0.1, 0.15) is 43.4 Å². The zero-order valence-electron chi connectivity index (χ0n) is 17.1. The third-order valence-corrected chi connectivity index (χ3v) is 5.30. The zero-order valence-corrected chi connectivity index (χ0v) is 17.1. The smallest absolute Gasteiger partial charge is 0.216 e. The molecule has 0 bridgehead atoms. The molecule has 3 N–H and O–H groups in total. The average molecular weight is 412 g/mol. The second-order valence-corrected chi connectivity index (χ2v) is 7.77. The molecular weight excluding hydrogens is 386 g/mol. The Hall–Kier alpha value is -2.75. The third-order valence-electron chi connectivity index (χ3n) is 5.30. The van der Waals surface area contributed by atoms with Crippen LogP contribution in [0.3, 0.4) is 0 Å². The van der Waals surface area contributed by atoms with Gasteiger partial charge in [-0.2, -0.15) is 0 Å². The van der Waals surface area contributed by atoms with Crippen LogP contribution in [0.4, 0.5) is 8.78 Å². The molecule has 30 heavy (non-hydrogen) atoms. The summed E-state index contributed by atoms with van der Waals surface area (Å²) in [6.45, 7) is 3.20. The Morgan fingerprint density at radius 2 is 1.90 bits per heavy atom. The van der Waals surface area contributed by atoms with Crippen LogP contribution < -0.4 is 10.6 Å². The second kappa shape index (κ2) is 9.38. The summed E-state index contributed by atoms with van der Waals surface area (Å²) < 4.78 is 27.3. The normalized spacial score (nSPS) is 16.2. The van der Waals surface area contributed by atoms with E-state index in [1.807, 2.05) is 24.3 Å². The van der Waals surface area contributed by atoms with Gasteiger partial charge in [-0.15, -0.1) is 5.92 Å². The van der Waals surface area contributed by atoms with Gasteiger partial charge in [-0.1, -0.05) is 18.1 Å². The van der Waals surface area contributed by atoms with Crippen molar-refractivity contribution in [3.63, 3.8) is 0 Å². The summed E-state index contributed by atoms with van der Waals surface area (Å²) in [7, 11) is 0. The highest BCUT2D eigenvalue weighted by Gasteiger charge is 2.46. The Balaban J connectivity index is 1.84. The molecule has 0 radical (unpaired) electrons. The summed E-state index contributed by atoms with van der Waals surface area (Å²) in [6, 6.07) is 10.8. The van der Waals surface area contributed by atoms with Gasteiger partial charge >= 0.3 is 0 Å². The van der Waals surface area contributed by atoms with Gasteiger partial charge in [-0.05, 0) is 61.6 Å². The predicted octanol–water partition coefficient (Wildman–Crippen LogP) is 3.02. The van der Waals surface area contributed by atoms with Crippen molar-refractivity contribution in [3.8, 4) is 11.8 Å². The van der Waals surface area contributed by atoms with Crippen molar-refractivity contribution in [2.24, 2.45) is 0 Å². The highest BCUT2D eigenvalue weighted by atomic mass is 19.1. The van der Waals surface area contributed by atoms with E-state index in [1.165, 1.54) is 19.1 Å². The number of hydrogen-bond acceptors (Lipinski definition) is 3. The average Bonchev–Trinajstić information content (AvgIpc) is 3.46. The Morgan fingerprint density at radius 1 is 1.20 bits per heavy atom. The summed E-state index contributed by atoms with van der Waals surface area (Å²) >= 11 is 0. The zero-order chi connectivity index (χ0) is 21.7. The van der Waals surface area contributed by atoms with Crippen LogP contribution in [-0.2, 0) is 16.8 Å². The molecule has 1 aliphatic rings. The largest absolute Gasteiger partial charge is 0.390 e. The molecule has 2 aromatic rings. The van der Waals surface area contributed by atoms with Gasteiger partial charge < -0.3 is 15.7 Å². The van der Waals surface area contributed by atoms with Crippen molar-refractivity contribution in [1.82, 2.24) is 10.6 Å². The number of aliphatic hydroxyl groups is 1. The lowest BCUT2D eigenvalue weighted by Crippen LogP contribution is -2.50. The molecule has 6 heteroatoms. The Bertz CT molecular complexity index is 956. The molecular formula is C24H26F2N2O2. The molecule has 3 rings (SSSR count).